The minimum absolute atomic E-state index is 0.0133. The van der Waals surface area contributed by atoms with Crippen LogP contribution in [0.15, 0.2) is 24.3 Å². The quantitative estimate of drug-likeness (QED) is 0.495. The van der Waals surface area contributed by atoms with E-state index in [1.807, 2.05) is 13.8 Å². The van der Waals surface area contributed by atoms with Crippen molar-refractivity contribution in [3.8, 4) is 16.9 Å². The monoisotopic (exact) mass is 556 g/mol. The number of fused-ring (bicyclic) bond motifs is 4. The van der Waals surface area contributed by atoms with E-state index in [1.54, 1.807) is 24.8 Å². The first kappa shape index (κ1) is 29.5. The fourth-order valence-electron chi connectivity index (χ4n) is 5.88. The summed E-state index contributed by atoms with van der Waals surface area (Å²) in [6, 6.07) is 3.83. The summed E-state index contributed by atoms with van der Waals surface area (Å²) in [6.07, 6.45) is 3.17. The number of carbonyl (C=O) groups is 3. The summed E-state index contributed by atoms with van der Waals surface area (Å²) in [4.78, 5) is 40.1. The van der Waals surface area contributed by atoms with Gasteiger partial charge in [0.15, 0.2) is 0 Å². The highest BCUT2D eigenvalue weighted by Gasteiger charge is 2.42. The third-order valence-corrected chi connectivity index (χ3v) is 7.76. The van der Waals surface area contributed by atoms with Crippen LogP contribution in [0, 0.1) is 30.9 Å². The zero-order valence-corrected chi connectivity index (χ0v) is 23.6. The van der Waals surface area contributed by atoms with Crippen molar-refractivity contribution in [3.05, 3.63) is 52.6 Å². The molecule has 2 N–H and O–H groups in total. The molecular weight excluding hydrogens is 518 g/mol. The Labute approximate surface area is 233 Å². The standard InChI is InChI=1S/C31H38F2N2O5/c1-18-12-21(32)14-25-28(18)20-11-19(2)29(33)22(13-20)23(15-27(37)38)34-30(39)24(9-7-5-6-8-10-40-25)35-17-31(3,4)16-26(35)36/h11-14,23-24H,5-10,15-17H2,1-4H3,(H,34,39)(H,37,38)/t23-,24-/m0/s1. The maximum atomic E-state index is 15.6. The van der Waals surface area contributed by atoms with Crippen LogP contribution in [0.1, 0.15) is 81.5 Å². The number of benzene rings is 2. The number of rotatable bonds is 3. The summed E-state index contributed by atoms with van der Waals surface area (Å²) in [5, 5.41) is 12.5. The highest BCUT2D eigenvalue weighted by atomic mass is 19.1. The molecule has 7 nitrogen and oxygen atoms in total. The average Bonchev–Trinajstić information content (AvgIpc) is 3.12. The number of amides is 2. The van der Waals surface area contributed by atoms with Crippen LogP contribution in [-0.2, 0) is 14.4 Å². The van der Waals surface area contributed by atoms with Gasteiger partial charge in [-0.2, -0.15) is 0 Å². The molecular formula is C31H38F2N2O5. The largest absolute Gasteiger partial charge is 0.493 e. The minimum Gasteiger partial charge on any atom is -0.493 e. The Morgan fingerprint density at radius 3 is 2.48 bits per heavy atom. The zero-order valence-electron chi connectivity index (χ0n) is 23.6. The fourth-order valence-corrected chi connectivity index (χ4v) is 5.88. The molecule has 2 amide bonds. The molecule has 0 spiro atoms. The van der Waals surface area contributed by atoms with Crippen LogP contribution in [-0.4, -0.2) is 47.0 Å². The number of likely N-dealkylation sites (tertiary alicyclic amines) is 1. The van der Waals surface area contributed by atoms with E-state index in [4.69, 9.17) is 4.74 Å². The van der Waals surface area contributed by atoms with E-state index in [-0.39, 0.29) is 22.4 Å². The molecule has 0 aliphatic carbocycles. The number of halogens is 2. The molecule has 2 atom stereocenters. The Morgan fingerprint density at radius 1 is 1.07 bits per heavy atom. The molecule has 40 heavy (non-hydrogen) atoms. The number of ether oxygens (including phenoxy) is 1. The van der Waals surface area contributed by atoms with Crippen molar-refractivity contribution in [2.24, 2.45) is 5.41 Å². The van der Waals surface area contributed by atoms with Crippen molar-refractivity contribution in [2.75, 3.05) is 13.2 Å². The Bertz CT molecular complexity index is 1310. The maximum absolute atomic E-state index is 15.6. The lowest BCUT2D eigenvalue weighted by Crippen LogP contribution is -2.49. The molecule has 1 fully saturated rings. The van der Waals surface area contributed by atoms with Gasteiger partial charge in [0.05, 0.1) is 19.1 Å². The van der Waals surface area contributed by atoms with E-state index in [1.165, 1.54) is 18.2 Å². The van der Waals surface area contributed by atoms with Crippen molar-refractivity contribution in [3.63, 3.8) is 0 Å². The van der Waals surface area contributed by atoms with E-state index in [9.17, 15) is 23.9 Å². The van der Waals surface area contributed by atoms with Crippen LogP contribution >= 0.6 is 0 Å². The lowest BCUT2D eigenvalue weighted by atomic mass is 9.91. The zero-order chi connectivity index (χ0) is 29.2. The van der Waals surface area contributed by atoms with E-state index in [2.05, 4.69) is 5.32 Å². The second-order valence-electron chi connectivity index (χ2n) is 11.9. The third kappa shape index (κ3) is 6.62. The van der Waals surface area contributed by atoms with Gasteiger partial charge in [0.1, 0.15) is 23.4 Å². The van der Waals surface area contributed by atoms with Gasteiger partial charge in [-0.1, -0.05) is 33.1 Å². The van der Waals surface area contributed by atoms with Gasteiger partial charge in [0.25, 0.3) is 0 Å². The van der Waals surface area contributed by atoms with Gasteiger partial charge < -0.3 is 20.1 Å². The van der Waals surface area contributed by atoms with Gasteiger partial charge in [-0.25, -0.2) is 8.78 Å². The van der Waals surface area contributed by atoms with Crippen LogP contribution in [0.5, 0.6) is 5.75 Å². The smallest absolute Gasteiger partial charge is 0.305 e. The molecule has 0 saturated carbocycles. The Balaban J connectivity index is 1.82. The maximum Gasteiger partial charge on any atom is 0.305 e. The van der Waals surface area contributed by atoms with Crippen LogP contribution in [0.25, 0.3) is 11.1 Å². The number of carbonyl (C=O) groups excluding carboxylic acids is 2. The molecule has 0 radical (unpaired) electrons. The van der Waals surface area contributed by atoms with Crippen molar-refractivity contribution < 1.29 is 33.0 Å². The highest BCUT2D eigenvalue weighted by molar-refractivity contribution is 5.89. The second kappa shape index (κ2) is 11.9. The number of carboxylic acids is 1. The number of carboxylic acid groups (broad SMARTS) is 1. The van der Waals surface area contributed by atoms with Gasteiger partial charge in [-0.15, -0.1) is 0 Å². The summed E-state index contributed by atoms with van der Waals surface area (Å²) in [6.45, 7) is 8.01. The first-order chi connectivity index (χ1) is 18.9. The number of nitrogens with one attached hydrogen (secondary N) is 1. The van der Waals surface area contributed by atoms with Gasteiger partial charge in [-0.05, 0) is 67.0 Å². The lowest BCUT2D eigenvalue weighted by Gasteiger charge is -2.30. The van der Waals surface area contributed by atoms with E-state index in [0.717, 1.165) is 19.3 Å². The SMILES string of the molecule is Cc1cc2cc(c1F)[C@H](CC(=O)O)NC(=O)[C@@H](N1CC(C)(C)CC1=O)CCCCCCOc1cc(F)cc(C)c1-2. The van der Waals surface area contributed by atoms with Crippen LogP contribution in [0.2, 0.25) is 0 Å². The molecule has 0 aromatic heterocycles. The first-order valence-corrected chi connectivity index (χ1v) is 13.9. The third-order valence-electron chi connectivity index (χ3n) is 7.76. The van der Waals surface area contributed by atoms with Crippen LogP contribution in [0.4, 0.5) is 8.78 Å². The number of hydrogen-bond donors (Lipinski definition) is 2. The number of aryl methyl sites for hydroxylation is 2. The van der Waals surface area contributed by atoms with Crippen molar-refractivity contribution in [1.82, 2.24) is 10.2 Å². The highest BCUT2D eigenvalue weighted by Crippen LogP contribution is 2.38. The molecule has 2 aliphatic rings. The molecule has 2 aromatic carbocycles. The van der Waals surface area contributed by atoms with Crippen molar-refractivity contribution in [1.29, 1.82) is 0 Å². The molecule has 216 valence electrons. The molecule has 0 unspecified atom stereocenters. The molecule has 9 heteroatoms. The summed E-state index contributed by atoms with van der Waals surface area (Å²) < 4.78 is 36.0. The topological polar surface area (TPSA) is 95.9 Å². The predicted molar refractivity (Wildman–Crippen MR) is 147 cm³/mol. The molecule has 2 aromatic rings. The summed E-state index contributed by atoms with van der Waals surface area (Å²) in [5.74, 6) is -2.57. The Kier molecular flexibility index (Phi) is 8.80. The van der Waals surface area contributed by atoms with E-state index >= 15 is 4.39 Å². The lowest BCUT2D eigenvalue weighted by molar-refractivity contribution is -0.140. The van der Waals surface area contributed by atoms with Crippen molar-refractivity contribution >= 4 is 17.8 Å². The second-order valence-corrected chi connectivity index (χ2v) is 11.9. The predicted octanol–water partition coefficient (Wildman–Crippen LogP) is 5.85. The van der Waals surface area contributed by atoms with Gasteiger partial charge >= 0.3 is 5.97 Å². The van der Waals surface area contributed by atoms with E-state index in [0.29, 0.717) is 54.9 Å². The average molecular weight is 557 g/mol. The van der Waals surface area contributed by atoms with E-state index < -0.39 is 42.0 Å². The molecule has 1 saturated heterocycles. The Morgan fingerprint density at radius 2 is 1.80 bits per heavy atom. The molecule has 4 rings (SSSR count). The van der Waals surface area contributed by atoms with Crippen LogP contribution in [0.3, 0.4) is 0 Å². The number of aliphatic carboxylic acids is 1. The molecule has 2 heterocycles. The number of nitrogens with zero attached hydrogens (tertiary/aromatic N) is 1. The van der Waals surface area contributed by atoms with Gasteiger partial charge in [-0.3, -0.25) is 14.4 Å². The summed E-state index contributed by atoms with van der Waals surface area (Å²) in [7, 11) is 0. The first-order valence-electron chi connectivity index (χ1n) is 13.9. The van der Waals surface area contributed by atoms with Crippen LogP contribution < -0.4 is 10.1 Å². The molecule has 2 aliphatic heterocycles. The normalized spacial score (nSPS) is 21.9. The Hall–Kier alpha value is -3.49. The minimum atomic E-state index is -1.21. The number of hydrogen-bond acceptors (Lipinski definition) is 4. The van der Waals surface area contributed by atoms with Gasteiger partial charge in [0.2, 0.25) is 11.8 Å². The summed E-state index contributed by atoms with van der Waals surface area (Å²) in [5.41, 5.74) is 1.68. The molecule has 2 bridgehead atoms. The summed E-state index contributed by atoms with van der Waals surface area (Å²) >= 11 is 0. The van der Waals surface area contributed by atoms with Gasteiger partial charge in [0, 0.05) is 30.2 Å². The fraction of sp³-hybridized carbons (Fsp3) is 0.516. The van der Waals surface area contributed by atoms with Crippen molar-refractivity contribution in [2.45, 2.75) is 84.7 Å².